The first-order valence-electron chi connectivity index (χ1n) is 5.45. The molecule has 1 N–H and O–H groups in total. The van der Waals surface area contributed by atoms with E-state index in [4.69, 9.17) is 4.74 Å². The van der Waals surface area contributed by atoms with Crippen LogP contribution in [0.2, 0.25) is 0 Å². The smallest absolute Gasteiger partial charge is 0.295 e. The van der Waals surface area contributed by atoms with Gasteiger partial charge in [-0.15, -0.1) is 0 Å². The minimum Gasteiger partial charge on any atom is -0.381 e. The van der Waals surface area contributed by atoms with Crippen LogP contribution in [0, 0.1) is 15.9 Å². The second-order valence-corrected chi connectivity index (χ2v) is 3.95. The van der Waals surface area contributed by atoms with Crippen molar-refractivity contribution >= 4 is 11.4 Å². The molecule has 0 amide bonds. The molecule has 0 atom stereocenters. The summed E-state index contributed by atoms with van der Waals surface area (Å²) in [6, 6.07) is 3.70. The van der Waals surface area contributed by atoms with E-state index >= 15 is 0 Å². The molecule has 0 radical (unpaired) electrons. The number of nitro benzene ring substituents is 1. The molecular formula is C11H13FN2O3. The largest absolute Gasteiger partial charge is 0.381 e. The van der Waals surface area contributed by atoms with Gasteiger partial charge in [0.05, 0.1) is 11.0 Å². The van der Waals surface area contributed by atoms with E-state index in [2.05, 4.69) is 5.32 Å². The van der Waals surface area contributed by atoms with E-state index in [1.54, 1.807) is 0 Å². The van der Waals surface area contributed by atoms with E-state index in [0.29, 0.717) is 18.9 Å². The van der Waals surface area contributed by atoms with Gasteiger partial charge in [-0.3, -0.25) is 10.1 Å². The summed E-state index contributed by atoms with van der Waals surface area (Å²) in [6.45, 7) is 1.29. The molecule has 0 aliphatic carbocycles. The summed E-state index contributed by atoms with van der Waals surface area (Å²) in [5, 5.41) is 13.9. The molecule has 2 rings (SSSR count). The topological polar surface area (TPSA) is 64.4 Å². The Morgan fingerprint density at radius 2 is 2.12 bits per heavy atom. The SMILES string of the molecule is O=[N+]([O-])c1cc(F)ccc1NC1CCOCC1. The number of rotatable bonds is 3. The van der Waals surface area contributed by atoms with Crippen molar-refractivity contribution in [2.75, 3.05) is 18.5 Å². The maximum absolute atomic E-state index is 12.9. The van der Waals surface area contributed by atoms with Crippen LogP contribution in [0.4, 0.5) is 15.8 Å². The Morgan fingerprint density at radius 1 is 1.41 bits per heavy atom. The summed E-state index contributed by atoms with van der Waals surface area (Å²) >= 11 is 0. The predicted octanol–water partition coefficient (Wildman–Crippen LogP) is 2.32. The van der Waals surface area contributed by atoms with Gasteiger partial charge >= 0.3 is 0 Å². The normalized spacial score (nSPS) is 16.8. The van der Waals surface area contributed by atoms with E-state index in [1.807, 2.05) is 0 Å². The van der Waals surface area contributed by atoms with Crippen LogP contribution in [0.5, 0.6) is 0 Å². The highest BCUT2D eigenvalue weighted by Gasteiger charge is 2.19. The third-order valence-electron chi connectivity index (χ3n) is 2.74. The molecule has 1 aromatic rings. The Morgan fingerprint density at radius 3 is 2.76 bits per heavy atom. The molecular weight excluding hydrogens is 227 g/mol. The third-order valence-corrected chi connectivity index (χ3v) is 2.74. The summed E-state index contributed by atoms with van der Waals surface area (Å²) in [5.41, 5.74) is 0.139. The number of anilines is 1. The van der Waals surface area contributed by atoms with Gasteiger partial charge < -0.3 is 10.1 Å². The highest BCUT2D eigenvalue weighted by molar-refractivity contribution is 5.61. The zero-order valence-corrected chi connectivity index (χ0v) is 9.19. The maximum atomic E-state index is 12.9. The number of ether oxygens (including phenoxy) is 1. The standard InChI is InChI=1S/C11H13FN2O3/c12-8-1-2-10(11(7-8)14(15)16)13-9-3-5-17-6-4-9/h1-2,7,9,13H,3-6H2. The zero-order chi connectivity index (χ0) is 12.3. The van der Waals surface area contributed by atoms with Gasteiger partial charge in [0.25, 0.3) is 5.69 Å². The molecule has 0 spiro atoms. The van der Waals surface area contributed by atoms with Gasteiger partial charge in [0.2, 0.25) is 0 Å². The van der Waals surface area contributed by atoms with Gasteiger partial charge in [-0.1, -0.05) is 0 Å². The highest BCUT2D eigenvalue weighted by atomic mass is 19.1. The lowest BCUT2D eigenvalue weighted by Gasteiger charge is -2.23. The second-order valence-electron chi connectivity index (χ2n) is 3.95. The van der Waals surface area contributed by atoms with Crippen molar-refractivity contribution in [2.45, 2.75) is 18.9 Å². The van der Waals surface area contributed by atoms with Crippen LogP contribution in [0.15, 0.2) is 18.2 Å². The molecule has 1 heterocycles. The first kappa shape index (κ1) is 11.8. The van der Waals surface area contributed by atoms with Crippen molar-refractivity contribution in [3.05, 3.63) is 34.1 Å². The van der Waals surface area contributed by atoms with Gasteiger partial charge in [0, 0.05) is 19.3 Å². The average molecular weight is 240 g/mol. The fourth-order valence-corrected chi connectivity index (χ4v) is 1.84. The minimum absolute atomic E-state index is 0.146. The molecule has 0 unspecified atom stereocenters. The van der Waals surface area contributed by atoms with E-state index in [1.165, 1.54) is 12.1 Å². The van der Waals surface area contributed by atoms with E-state index in [9.17, 15) is 14.5 Å². The van der Waals surface area contributed by atoms with E-state index in [0.717, 1.165) is 18.9 Å². The summed E-state index contributed by atoms with van der Waals surface area (Å²) in [5.74, 6) is -0.603. The lowest BCUT2D eigenvalue weighted by molar-refractivity contribution is -0.384. The van der Waals surface area contributed by atoms with Gasteiger partial charge in [-0.05, 0) is 25.0 Å². The molecule has 5 nitrogen and oxygen atoms in total. The molecule has 1 aliphatic rings. The quantitative estimate of drug-likeness (QED) is 0.650. The number of hydrogen-bond donors (Lipinski definition) is 1. The lowest BCUT2D eigenvalue weighted by Crippen LogP contribution is -2.28. The number of nitro groups is 1. The molecule has 1 saturated heterocycles. The number of benzene rings is 1. The molecule has 1 aromatic carbocycles. The first-order chi connectivity index (χ1) is 8.16. The van der Waals surface area contributed by atoms with Crippen LogP contribution in [0.25, 0.3) is 0 Å². The molecule has 17 heavy (non-hydrogen) atoms. The van der Waals surface area contributed by atoms with Crippen LogP contribution in [0.1, 0.15) is 12.8 Å². The van der Waals surface area contributed by atoms with Crippen LogP contribution in [0.3, 0.4) is 0 Å². The van der Waals surface area contributed by atoms with Crippen molar-refractivity contribution in [1.29, 1.82) is 0 Å². The van der Waals surface area contributed by atoms with Crippen molar-refractivity contribution < 1.29 is 14.1 Å². The lowest BCUT2D eigenvalue weighted by atomic mass is 10.1. The van der Waals surface area contributed by atoms with Crippen molar-refractivity contribution in [1.82, 2.24) is 0 Å². The fourth-order valence-electron chi connectivity index (χ4n) is 1.84. The molecule has 1 aliphatic heterocycles. The van der Waals surface area contributed by atoms with Gasteiger partial charge in [0.1, 0.15) is 11.5 Å². The van der Waals surface area contributed by atoms with E-state index in [-0.39, 0.29) is 11.7 Å². The molecule has 6 heteroatoms. The Bertz CT molecular complexity index is 419. The Hall–Kier alpha value is -1.69. The Balaban J connectivity index is 2.16. The van der Waals surface area contributed by atoms with Gasteiger partial charge in [-0.2, -0.15) is 0 Å². The van der Waals surface area contributed by atoms with Gasteiger partial charge in [-0.25, -0.2) is 4.39 Å². The van der Waals surface area contributed by atoms with Crippen molar-refractivity contribution in [3.63, 3.8) is 0 Å². The second kappa shape index (κ2) is 5.09. The first-order valence-corrected chi connectivity index (χ1v) is 5.45. The minimum atomic E-state index is -0.603. The monoisotopic (exact) mass is 240 g/mol. The third kappa shape index (κ3) is 2.91. The summed E-state index contributed by atoms with van der Waals surface area (Å²) in [6.07, 6.45) is 1.60. The predicted molar refractivity (Wildman–Crippen MR) is 60.5 cm³/mol. The number of halogens is 1. The molecule has 92 valence electrons. The maximum Gasteiger partial charge on any atom is 0.295 e. The van der Waals surface area contributed by atoms with Crippen molar-refractivity contribution in [2.24, 2.45) is 0 Å². The Kier molecular flexibility index (Phi) is 3.53. The Labute approximate surface area is 97.7 Å². The number of nitrogens with one attached hydrogen (secondary N) is 1. The summed E-state index contributed by atoms with van der Waals surface area (Å²) < 4.78 is 18.1. The fraction of sp³-hybridized carbons (Fsp3) is 0.455. The molecule has 0 bridgehead atoms. The zero-order valence-electron chi connectivity index (χ0n) is 9.19. The highest BCUT2D eigenvalue weighted by Crippen LogP contribution is 2.27. The van der Waals surface area contributed by atoms with Gasteiger partial charge in [0.15, 0.2) is 0 Å². The van der Waals surface area contributed by atoms with Crippen LogP contribution < -0.4 is 5.32 Å². The number of hydrogen-bond acceptors (Lipinski definition) is 4. The van der Waals surface area contributed by atoms with Crippen LogP contribution >= 0.6 is 0 Å². The van der Waals surface area contributed by atoms with Crippen LogP contribution in [-0.4, -0.2) is 24.2 Å². The summed E-state index contributed by atoms with van der Waals surface area (Å²) in [7, 11) is 0. The molecule has 1 fully saturated rings. The average Bonchev–Trinajstić information content (AvgIpc) is 2.32. The number of nitrogens with zero attached hydrogens (tertiary/aromatic N) is 1. The molecule has 0 saturated carbocycles. The van der Waals surface area contributed by atoms with Crippen molar-refractivity contribution in [3.8, 4) is 0 Å². The summed E-state index contributed by atoms with van der Waals surface area (Å²) in [4.78, 5) is 10.2. The van der Waals surface area contributed by atoms with Crippen LogP contribution in [-0.2, 0) is 4.74 Å². The van der Waals surface area contributed by atoms with E-state index < -0.39 is 10.7 Å². The molecule has 0 aromatic heterocycles.